The average molecular weight is 429 g/mol. The quantitative estimate of drug-likeness (QED) is 0.396. The molecule has 0 aliphatic rings. The topological polar surface area (TPSA) is 59.6 Å². The zero-order valence-corrected chi connectivity index (χ0v) is 17.4. The van der Waals surface area contributed by atoms with Gasteiger partial charge in [-0.15, -0.1) is 0 Å². The van der Waals surface area contributed by atoms with Gasteiger partial charge in [-0.2, -0.15) is 0 Å². The van der Waals surface area contributed by atoms with Gasteiger partial charge in [0.05, 0.1) is 0 Å². The van der Waals surface area contributed by atoms with E-state index >= 15 is 0 Å². The second-order valence-corrected chi connectivity index (χ2v) is 7.15. The van der Waals surface area contributed by atoms with E-state index in [1.54, 1.807) is 0 Å². The van der Waals surface area contributed by atoms with Gasteiger partial charge in [0.1, 0.15) is 17.2 Å². The Kier molecular flexibility index (Phi) is 6.40. The van der Waals surface area contributed by atoms with E-state index in [1.165, 1.54) is 0 Å². The van der Waals surface area contributed by atoms with Gasteiger partial charge in [0.25, 0.3) is 5.91 Å². The van der Waals surface area contributed by atoms with Crippen LogP contribution in [0.5, 0.6) is 17.2 Å². The maximum Gasteiger partial charge on any atom is 0.264 e. The molecule has 0 radical (unpaired) electrons. The van der Waals surface area contributed by atoms with E-state index in [0.717, 1.165) is 22.2 Å². The summed E-state index contributed by atoms with van der Waals surface area (Å²) in [5.41, 5.74) is 0.737. The van der Waals surface area contributed by atoms with Crippen molar-refractivity contribution in [2.45, 2.75) is 0 Å². The molecule has 2 N–H and O–H groups in total. The molecule has 154 valence electrons. The van der Waals surface area contributed by atoms with Gasteiger partial charge in [0.15, 0.2) is 11.7 Å². The van der Waals surface area contributed by atoms with Crippen LogP contribution in [0.4, 0.5) is 5.69 Å². The van der Waals surface area contributed by atoms with Crippen LogP contribution in [0.15, 0.2) is 97.1 Å². The van der Waals surface area contributed by atoms with Crippen molar-refractivity contribution < 1.29 is 14.3 Å². The molecular weight excluding hydrogens is 408 g/mol. The van der Waals surface area contributed by atoms with Crippen LogP contribution >= 0.6 is 12.2 Å². The highest BCUT2D eigenvalue weighted by molar-refractivity contribution is 7.80. The van der Waals surface area contributed by atoms with Gasteiger partial charge >= 0.3 is 0 Å². The molecule has 0 aliphatic carbocycles. The van der Waals surface area contributed by atoms with Gasteiger partial charge in [0.2, 0.25) is 0 Å². The highest BCUT2D eigenvalue weighted by atomic mass is 32.1. The van der Waals surface area contributed by atoms with Crippen molar-refractivity contribution >= 4 is 39.7 Å². The fraction of sp³-hybridized carbons (Fsp3) is 0.0400. The number of nitrogens with one attached hydrogen (secondary N) is 2. The summed E-state index contributed by atoms with van der Waals surface area (Å²) in [5, 5.41) is 7.96. The Morgan fingerprint density at radius 3 is 2.16 bits per heavy atom. The standard InChI is InChI=1S/C25H20N2O3S/c28-24(17-29-23-13-10-18-6-4-5-7-19(18)16-23)27-25(31)26-20-11-14-22(15-12-20)30-21-8-2-1-3-9-21/h1-16H,17H2,(H2,26,27,28,31). The van der Waals surface area contributed by atoms with Crippen LogP contribution < -0.4 is 20.1 Å². The predicted octanol–water partition coefficient (Wildman–Crippen LogP) is 5.52. The Hall–Kier alpha value is -3.90. The lowest BCUT2D eigenvalue weighted by atomic mass is 10.1. The fourth-order valence-corrected chi connectivity index (χ4v) is 3.19. The van der Waals surface area contributed by atoms with E-state index in [4.69, 9.17) is 21.7 Å². The SMILES string of the molecule is O=C(COc1ccc2ccccc2c1)NC(=S)Nc1ccc(Oc2ccccc2)cc1. The minimum atomic E-state index is -0.338. The molecule has 0 bridgehead atoms. The third-order valence-corrected chi connectivity index (χ3v) is 4.64. The molecular formula is C25H20N2O3S. The van der Waals surface area contributed by atoms with Crippen LogP contribution in [0.25, 0.3) is 10.8 Å². The summed E-state index contributed by atoms with van der Waals surface area (Å²) in [4.78, 5) is 12.2. The molecule has 4 aromatic carbocycles. The van der Waals surface area contributed by atoms with E-state index in [1.807, 2.05) is 97.1 Å². The summed E-state index contributed by atoms with van der Waals surface area (Å²) in [5.74, 6) is 1.75. The van der Waals surface area contributed by atoms with Gasteiger partial charge in [-0.05, 0) is 71.5 Å². The zero-order chi connectivity index (χ0) is 21.5. The zero-order valence-electron chi connectivity index (χ0n) is 16.6. The first-order valence-electron chi connectivity index (χ1n) is 9.71. The van der Waals surface area contributed by atoms with E-state index in [9.17, 15) is 4.79 Å². The number of thiocarbonyl (C=S) groups is 1. The van der Waals surface area contributed by atoms with Crippen LogP contribution in [0.1, 0.15) is 0 Å². The van der Waals surface area contributed by atoms with Crippen LogP contribution in [0.2, 0.25) is 0 Å². The molecule has 0 fully saturated rings. The highest BCUT2D eigenvalue weighted by Gasteiger charge is 2.07. The van der Waals surface area contributed by atoms with Gasteiger partial charge in [0, 0.05) is 5.69 Å². The van der Waals surface area contributed by atoms with Crippen LogP contribution in [-0.2, 0) is 4.79 Å². The van der Waals surface area contributed by atoms with Crippen molar-refractivity contribution in [3.63, 3.8) is 0 Å². The number of carbonyl (C=O) groups excluding carboxylic acids is 1. The van der Waals surface area contributed by atoms with Gasteiger partial charge in [-0.1, -0.05) is 48.5 Å². The maximum absolute atomic E-state index is 12.2. The molecule has 6 heteroatoms. The summed E-state index contributed by atoms with van der Waals surface area (Å²) in [6.45, 7) is -0.135. The molecule has 0 heterocycles. The number of amides is 1. The summed E-state index contributed by atoms with van der Waals surface area (Å²) >= 11 is 5.21. The molecule has 0 aliphatic heterocycles. The third kappa shape index (κ3) is 5.81. The van der Waals surface area contributed by atoms with Crippen LogP contribution in [0.3, 0.4) is 0 Å². The van der Waals surface area contributed by atoms with E-state index in [2.05, 4.69) is 10.6 Å². The molecule has 1 amide bonds. The first-order chi connectivity index (χ1) is 15.2. The molecule has 0 saturated heterocycles. The molecule has 31 heavy (non-hydrogen) atoms. The predicted molar refractivity (Wildman–Crippen MR) is 127 cm³/mol. The number of para-hydroxylation sites is 1. The number of ether oxygens (including phenoxy) is 2. The van der Waals surface area contributed by atoms with E-state index in [0.29, 0.717) is 11.5 Å². The van der Waals surface area contributed by atoms with Gasteiger partial charge in [-0.25, -0.2) is 0 Å². The number of benzene rings is 4. The van der Waals surface area contributed by atoms with Crippen molar-refractivity contribution in [2.75, 3.05) is 11.9 Å². The number of anilines is 1. The average Bonchev–Trinajstić information content (AvgIpc) is 2.79. The van der Waals surface area contributed by atoms with Crippen molar-refractivity contribution in [3.8, 4) is 17.2 Å². The van der Waals surface area contributed by atoms with Gasteiger partial charge in [-0.3, -0.25) is 10.1 Å². The summed E-state index contributed by atoms with van der Waals surface area (Å²) in [6, 6.07) is 30.5. The molecule has 0 atom stereocenters. The molecule has 0 saturated carbocycles. The molecule has 0 spiro atoms. The lowest BCUT2D eigenvalue weighted by Crippen LogP contribution is -2.37. The van der Waals surface area contributed by atoms with Crippen LogP contribution in [-0.4, -0.2) is 17.6 Å². The third-order valence-electron chi connectivity index (χ3n) is 4.43. The van der Waals surface area contributed by atoms with Crippen molar-refractivity contribution in [1.82, 2.24) is 5.32 Å². The fourth-order valence-electron chi connectivity index (χ4n) is 2.96. The smallest absolute Gasteiger partial charge is 0.264 e. The second kappa shape index (κ2) is 9.73. The number of hydrogen-bond acceptors (Lipinski definition) is 4. The van der Waals surface area contributed by atoms with E-state index in [-0.39, 0.29) is 17.6 Å². The minimum Gasteiger partial charge on any atom is -0.484 e. The monoisotopic (exact) mass is 428 g/mol. The molecule has 0 unspecified atom stereocenters. The van der Waals surface area contributed by atoms with Crippen molar-refractivity contribution in [3.05, 3.63) is 97.1 Å². The molecule has 4 rings (SSSR count). The Labute approximate surface area is 185 Å². The lowest BCUT2D eigenvalue weighted by Gasteiger charge is -2.11. The lowest BCUT2D eigenvalue weighted by molar-refractivity contribution is -0.121. The van der Waals surface area contributed by atoms with Gasteiger partial charge < -0.3 is 14.8 Å². The molecule has 5 nitrogen and oxygen atoms in total. The van der Waals surface area contributed by atoms with Crippen LogP contribution in [0, 0.1) is 0 Å². The Balaban J connectivity index is 1.25. The normalized spacial score (nSPS) is 10.3. The first kappa shape index (κ1) is 20.4. The molecule has 4 aromatic rings. The number of fused-ring (bicyclic) bond motifs is 1. The van der Waals surface area contributed by atoms with E-state index < -0.39 is 0 Å². The summed E-state index contributed by atoms with van der Waals surface area (Å²) in [6.07, 6.45) is 0. The van der Waals surface area contributed by atoms with Crippen molar-refractivity contribution in [1.29, 1.82) is 0 Å². The minimum absolute atomic E-state index is 0.135. The largest absolute Gasteiger partial charge is 0.484 e. The second-order valence-electron chi connectivity index (χ2n) is 6.74. The Morgan fingerprint density at radius 1 is 0.742 bits per heavy atom. The van der Waals surface area contributed by atoms with Crippen molar-refractivity contribution in [2.24, 2.45) is 0 Å². The summed E-state index contributed by atoms with van der Waals surface area (Å²) < 4.78 is 11.3. The maximum atomic E-state index is 12.2. The number of rotatable bonds is 6. The summed E-state index contributed by atoms with van der Waals surface area (Å²) in [7, 11) is 0. The Morgan fingerprint density at radius 2 is 1.39 bits per heavy atom. The first-order valence-corrected chi connectivity index (χ1v) is 10.1. The highest BCUT2D eigenvalue weighted by Crippen LogP contribution is 2.23. The number of carbonyl (C=O) groups is 1. The number of hydrogen-bond donors (Lipinski definition) is 2. The molecule has 0 aromatic heterocycles. The Bertz CT molecular complexity index is 1190.